The summed E-state index contributed by atoms with van der Waals surface area (Å²) < 4.78 is 40.0. The number of aromatic nitrogens is 2. The van der Waals surface area contributed by atoms with Crippen LogP contribution < -0.4 is 21.1 Å². The van der Waals surface area contributed by atoms with Crippen LogP contribution in [0.15, 0.2) is 24.5 Å². The lowest BCUT2D eigenvalue weighted by Crippen LogP contribution is -2.29. The molecule has 5 rings (SSSR count). The Morgan fingerprint density at radius 3 is 2.88 bits per heavy atom. The van der Waals surface area contributed by atoms with E-state index in [2.05, 4.69) is 20.6 Å². The van der Waals surface area contributed by atoms with Gasteiger partial charge in [0.2, 0.25) is 5.88 Å². The van der Waals surface area contributed by atoms with Crippen molar-refractivity contribution in [2.45, 2.75) is 19.2 Å². The van der Waals surface area contributed by atoms with Crippen molar-refractivity contribution in [3.8, 4) is 17.0 Å². The normalized spacial score (nSPS) is 19.9. The van der Waals surface area contributed by atoms with E-state index in [0.717, 1.165) is 5.56 Å². The van der Waals surface area contributed by atoms with Gasteiger partial charge < -0.3 is 20.5 Å². The first-order chi connectivity index (χ1) is 16.3. The standard InChI is InChI=1S/C23H24F2N6O3/c1-11-14(7-29-22-21(11)27-3-4-33-22)13-5-12-6-18(28-8-15(12)20(26)19(13)25)30-23(32)34-17-10-31(2)9-16(17)24/h5-8,16-17,27H,3-4,9-10,26H2,1-2H3,(H,28,30,32). The molecule has 9 nitrogen and oxygen atoms in total. The summed E-state index contributed by atoms with van der Waals surface area (Å²) in [5.74, 6) is 0.0572. The number of nitrogens with two attached hydrogens (primary N) is 1. The van der Waals surface area contributed by atoms with Crippen LogP contribution in [0, 0.1) is 12.7 Å². The number of carbonyl (C=O) groups is 1. The van der Waals surface area contributed by atoms with E-state index in [1.165, 1.54) is 6.20 Å². The number of hydrogen-bond donors (Lipinski definition) is 3. The fourth-order valence-corrected chi connectivity index (χ4v) is 4.35. The van der Waals surface area contributed by atoms with Crippen LogP contribution in [0.4, 0.5) is 30.8 Å². The molecule has 178 valence electrons. The summed E-state index contributed by atoms with van der Waals surface area (Å²) >= 11 is 0. The average molecular weight is 470 g/mol. The number of nitrogens with zero attached hydrogens (tertiary/aromatic N) is 3. The number of rotatable bonds is 3. The predicted octanol–water partition coefficient (Wildman–Crippen LogP) is 3.33. The molecule has 2 aromatic heterocycles. The number of amides is 1. The number of likely N-dealkylation sites (N-methyl/N-ethyl adjacent to an activating group) is 1. The van der Waals surface area contributed by atoms with E-state index in [-0.39, 0.29) is 23.6 Å². The maximum absolute atomic E-state index is 15.3. The second kappa shape index (κ2) is 8.56. The minimum Gasteiger partial charge on any atom is -0.474 e. The number of hydrogen-bond acceptors (Lipinski definition) is 8. The molecule has 3 aromatic rings. The van der Waals surface area contributed by atoms with Gasteiger partial charge in [-0.1, -0.05) is 0 Å². The van der Waals surface area contributed by atoms with Crippen LogP contribution in [-0.4, -0.2) is 66.5 Å². The van der Waals surface area contributed by atoms with Crippen LogP contribution >= 0.6 is 0 Å². The molecular formula is C23H24F2N6O3. The molecule has 2 unspecified atom stereocenters. The lowest BCUT2D eigenvalue weighted by atomic mass is 9.97. The smallest absolute Gasteiger partial charge is 0.413 e. The Hall–Kier alpha value is -3.73. The number of likely N-dealkylation sites (tertiary alicyclic amines) is 1. The van der Waals surface area contributed by atoms with E-state index >= 15 is 4.39 Å². The van der Waals surface area contributed by atoms with E-state index in [1.807, 2.05) is 6.92 Å². The van der Waals surface area contributed by atoms with Gasteiger partial charge in [0.05, 0.1) is 5.69 Å². The van der Waals surface area contributed by atoms with Crippen molar-refractivity contribution in [2.24, 2.45) is 0 Å². The van der Waals surface area contributed by atoms with Crippen molar-refractivity contribution in [1.82, 2.24) is 14.9 Å². The van der Waals surface area contributed by atoms with Gasteiger partial charge in [0, 0.05) is 48.5 Å². The molecule has 11 heteroatoms. The Bertz CT molecular complexity index is 1290. The van der Waals surface area contributed by atoms with Gasteiger partial charge in [-0.15, -0.1) is 0 Å². The summed E-state index contributed by atoms with van der Waals surface area (Å²) in [6.45, 7) is 3.50. The molecule has 2 atom stereocenters. The van der Waals surface area contributed by atoms with E-state index in [4.69, 9.17) is 15.2 Å². The first-order valence-corrected chi connectivity index (χ1v) is 10.9. The summed E-state index contributed by atoms with van der Waals surface area (Å²) in [5.41, 5.74) is 8.35. The maximum atomic E-state index is 15.3. The molecule has 1 saturated heterocycles. The Morgan fingerprint density at radius 2 is 2.12 bits per heavy atom. The van der Waals surface area contributed by atoms with Crippen molar-refractivity contribution in [3.05, 3.63) is 35.9 Å². The van der Waals surface area contributed by atoms with Crippen molar-refractivity contribution >= 4 is 34.1 Å². The van der Waals surface area contributed by atoms with Crippen LogP contribution in [0.1, 0.15) is 5.56 Å². The van der Waals surface area contributed by atoms with Crippen molar-refractivity contribution in [2.75, 3.05) is 49.7 Å². The Kier molecular flexibility index (Phi) is 5.56. The number of ether oxygens (including phenoxy) is 2. The van der Waals surface area contributed by atoms with Crippen LogP contribution in [0.2, 0.25) is 0 Å². The van der Waals surface area contributed by atoms with Crippen LogP contribution in [0.3, 0.4) is 0 Å². The summed E-state index contributed by atoms with van der Waals surface area (Å²) in [6.07, 6.45) is 0.0138. The van der Waals surface area contributed by atoms with Gasteiger partial charge in [0.1, 0.15) is 24.2 Å². The highest BCUT2D eigenvalue weighted by atomic mass is 19.1. The molecule has 4 N–H and O–H groups in total. The van der Waals surface area contributed by atoms with Gasteiger partial charge in [-0.05, 0) is 37.1 Å². The molecule has 2 aliphatic rings. The second-order valence-corrected chi connectivity index (χ2v) is 8.50. The van der Waals surface area contributed by atoms with Gasteiger partial charge >= 0.3 is 6.09 Å². The zero-order chi connectivity index (χ0) is 24.0. The third-order valence-corrected chi connectivity index (χ3v) is 6.11. The Balaban J connectivity index is 1.46. The number of alkyl halides is 1. The third kappa shape index (κ3) is 3.92. The first-order valence-electron chi connectivity index (χ1n) is 10.9. The van der Waals surface area contributed by atoms with Gasteiger partial charge in [0.15, 0.2) is 12.0 Å². The molecule has 1 amide bonds. The molecule has 0 aliphatic carbocycles. The van der Waals surface area contributed by atoms with Crippen molar-refractivity contribution in [1.29, 1.82) is 0 Å². The lowest BCUT2D eigenvalue weighted by Gasteiger charge is -2.22. The molecule has 0 radical (unpaired) electrons. The molecule has 4 heterocycles. The van der Waals surface area contributed by atoms with Gasteiger partial charge in [-0.25, -0.2) is 23.5 Å². The highest BCUT2D eigenvalue weighted by molar-refractivity contribution is 5.99. The zero-order valence-corrected chi connectivity index (χ0v) is 18.7. The van der Waals surface area contributed by atoms with E-state index in [9.17, 15) is 9.18 Å². The minimum atomic E-state index is -1.25. The van der Waals surface area contributed by atoms with Gasteiger partial charge in [-0.2, -0.15) is 0 Å². The SMILES string of the molecule is Cc1c(-c2cc3cc(NC(=O)OC4CN(C)CC4F)ncc3c(N)c2F)cnc2c1NCCO2. The molecular weight excluding hydrogens is 446 g/mol. The summed E-state index contributed by atoms with van der Waals surface area (Å²) in [4.78, 5) is 22.5. The number of benzene rings is 1. The predicted molar refractivity (Wildman–Crippen MR) is 124 cm³/mol. The Morgan fingerprint density at radius 1 is 1.29 bits per heavy atom. The van der Waals surface area contributed by atoms with E-state index in [0.29, 0.717) is 47.6 Å². The zero-order valence-electron chi connectivity index (χ0n) is 18.7. The van der Waals surface area contributed by atoms with Crippen LogP contribution in [0.25, 0.3) is 21.9 Å². The quantitative estimate of drug-likeness (QED) is 0.500. The largest absolute Gasteiger partial charge is 0.474 e. The molecule has 1 aromatic carbocycles. The van der Waals surface area contributed by atoms with Gasteiger partial charge in [0.25, 0.3) is 0 Å². The summed E-state index contributed by atoms with van der Waals surface area (Å²) in [6, 6.07) is 3.19. The fourth-order valence-electron chi connectivity index (χ4n) is 4.35. The topological polar surface area (TPSA) is 115 Å². The molecule has 34 heavy (non-hydrogen) atoms. The molecule has 0 spiro atoms. The average Bonchev–Trinajstić information content (AvgIpc) is 3.13. The van der Waals surface area contributed by atoms with Crippen molar-refractivity contribution in [3.63, 3.8) is 0 Å². The van der Waals surface area contributed by atoms with Crippen molar-refractivity contribution < 1.29 is 23.0 Å². The number of halogens is 2. The van der Waals surface area contributed by atoms with Crippen LogP contribution in [0.5, 0.6) is 5.88 Å². The van der Waals surface area contributed by atoms with E-state index in [1.54, 1.807) is 30.3 Å². The lowest BCUT2D eigenvalue weighted by molar-refractivity contribution is 0.0791. The summed E-state index contributed by atoms with van der Waals surface area (Å²) in [7, 11) is 1.75. The number of pyridine rings is 2. The third-order valence-electron chi connectivity index (χ3n) is 6.11. The number of anilines is 3. The number of nitrogen functional groups attached to an aromatic ring is 1. The number of nitrogens with one attached hydrogen (secondary N) is 2. The highest BCUT2D eigenvalue weighted by Crippen LogP contribution is 2.39. The molecule has 0 bridgehead atoms. The van der Waals surface area contributed by atoms with E-state index < -0.39 is 24.2 Å². The molecule has 0 saturated carbocycles. The van der Waals surface area contributed by atoms with Crippen LogP contribution in [-0.2, 0) is 4.74 Å². The fraction of sp³-hybridized carbons (Fsp3) is 0.348. The number of fused-ring (bicyclic) bond motifs is 2. The molecule has 1 fully saturated rings. The first kappa shape index (κ1) is 22.1. The van der Waals surface area contributed by atoms with Gasteiger partial charge in [-0.3, -0.25) is 10.2 Å². The second-order valence-electron chi connectivity index (χ2n) is 8.50. The Labute approximate surface area is 194 Å². The molecule has 2 aliphatic heterocycles. The summed E-state index contributed by atoms with van der Waals surface area (Å²) in [5, 5.41) is 6.70. The monoisotopic (exact) mass is 470 g/mol. The highest BCUT2D eigenvalue weighted by Gasteiger charge is 2.34. The minimum absolute atomic E-state index is 0.0651. The maximum Gasteiger partial charge on any atom is 0.413 e. The number of carbonyl (C=O) groups excluding carboxylic acids is 1.